The number of fused-ring (bicyclic) bond motifs is 5. The van der Waals surface area contributed by atoms with Crippen LogP contribution < -0.4 is 0 Å². The van der Waals surface area contributed by atoms with Gasteiger partial charge < -0.3 is 4.90 Å². The minimum Gasteiger partial charge on any atom is -0.332 e. The molecule has 2 aliphatic heterocycles. The molecule has 0 radical (unpaired) electrons. The van der Waals surface area contributed by atoms with Gasteiger partial charge in [0.2, 0.25) is 5.91 Å². The van der Waals surface area contributed by atoms with Gasteiger partial charge in [0.15, 0.2) is 0 Å². The first-order chi connectivity index (χ1) is 9.81. The second-order valence-electron chi connectivity index (χ2n) is 7.13. The molecule has 0 N–H and O–H groups in total. The van der Waals surface area contributed by atoms with Gasteiger partial charge in [-0.25, -0.2) is 0 Å². The van der Waals surface area contributed by atoms with Crippen molar-refractivity contribution in [3.8, 4) is 11.8 Å². The zero-order chi connectivity index (χ0) is 13.5. The lowest BCUT2D eigenvalue weighted by molar-refractivity contribution is -0.127. The van der Waals surface area contributed by atoms with Crippen molar-refractivity contribution < 1.29 is 4.79 Å². The Balaban J connectivity index is 1.26. The predicted octanol–water partition coefficient (Wildman–Crippen LogP) is 1.59. The van der Waals surface area contributed by atoms with E-state index in [1.807, 2.05) is 4.90 Å². The van der Waals surface area contributed by atoms with Crippen LogP contribution in [0.5, 0.6) is 0 Å². The van der Waals surface area contributed by atoms with Crippen molar-refractivity contribution in [3.05, 3.63) is 0 Å². The molecule has 4 fully saturated rings. The zero-order valence-electron chi connectivity index (χ0n) is 12.2. The van der Waals surface area contributed by atoms with Gasteiger partial charge in [-0.15, -0.1) is 0 Å². The summed E-state index contributed by atoms with van der Waals surface area (Å²) in [5.74, 6) is 10.8. The van der Waals surface area contributed by atoms with Crippen LogP contribution in [0.2, 0.25) is 0 Å². The number of likely N-dealkylation sites (tertiary alicyclic amines) is 2. The number of rotatable bonds is 2. The summed E-state index contributed by atoms with van der Waals surface area (Å²) in [4.78, 5) is 15.9. The Morgan fingerprint density at radius 1 is 1.05 bits per heavy atom. The third-order valence-electron chi connectivity index (χ3n) is 6.08. The first kappa shape index (κ1) is 12.7. The van der Waals surface area contributed by atoms with Crippen molar-refractivity contribution >= 4 is 5.91 Å². The molecule has 4 aliphatic rings. The molecule has 0 spiro atoms. The van der Waals surface area contributed by atoms with Gasteiger partial charge >= 0.3 is 0 Å². The highest BCUT2D eigenvalue weighted by molar-refractivity contribution is 5.78. The average Bonchev–Trinajstić information content (AvgIpc) is 3.17. The minimum atomic E-state index is 0.284. The molecule has 2 aliphatic carbocycles. The van der Waals surface area contributed by atoms with E-state index in [1.54, 1.807) is 0 Å². The minimum absolute atomic E-state index is 0.284. The normalized spacial score (nSPS) is 39.2. The van der Waals surface area contributed by atoms with Crippen LogP contribution in [0.15, 0.2) is 0 Å². The molecule has 108 valence electrons. The molecule has 1 amide bonds. The Morgan fingerprint density at radius 3 is 2.40 bits per heavy atom. The maximum Gasteiger partial charge on any atom is 0.223 e. The van der Waals surface area contributed by atoms with Crippen molar-refractivity contribution in [2.75, 3.05) is 32.7 Å². The molecule has 0 aromatic heterocycles. The predicted molar refractivity (Wildman–Crippen MR) is 77.8 cm³/mol. The first-order valence-electron chi connectivity index (χ1n) is 8.27. The Kier molecular flexibility index (Phi) is 3.22. The van der Waals surface area contributed by atoms with E-state index >= 15 is 0 Å². The van der Waals surface area contributed by atoms with Crippen molar-refractivity contribution in [2.24, 2.45) is 23.7 Å². The summed E-state index contributed by atoms with van der Waals surface area (Å²) >= 11 is 0. The van der Waals surface area contributed by atoms with Crippen LogP contribution in [-0.2, 0) is 4.79 Å². The van der Waals surface area contributed by atoms with Crippen LogP contribution in [0.4, 0.5) is 0 Å². The second-order valence-corrected chi connectivity index (χ2v) is 7.13. The van der Waals surface area contributed by atoms with E-state index in [2.05, 4.69) is 16.7 Å². The molecule has 2 heterocycles. The number of nitrogens with zero attached hydrogens (tertiary/aromatic N) is 2. The fourth-order valence-corrected chi connectivity index (χ4v) is 5.09. The van der Waals surface area contributed by atoms with Crippen LogP contribution in [0.1, 0.15) is 32.1 Å². The van der Waals surface area contributed by atoms with E-state index in [0.717, 1.165) is 49.6 Å². The Labute approximate surface area is 121 Å². The smallest absolute Gasteiger partial charge is 0.223 e. The van der Waals surface area contributed by atoms with Crippen LogP contribution in [-0.4, -0.2) is 48.4 Å². The molecule has 2 saturated heterocycles. The quantitative estimate of drug-likeness (QED) is 0.713. The highest BCUT2D eigenvalue weighted by Crippen LogP contribution is 2.54. The number of carbonyl (C=O) groups is 1. The lowest BCUT2D eigenvalue weighted by Crippen LogP contribution is -2.25. The molecular formula is C17H24N2O. The molecule has 20 heavy (non-hydrogen) atoms. The monoisotopic (exact) mass is 272 g/mol. The van der Waals surface area contributed by atoms with Crippen LogP contribution in [0.3, 0.4) is 0 Å². The highest BCUT2D eigenvalue weighted by Gasteiger charge is 2.51. The van der Waals surface area contributed by atoms with Crippen molar-refractivity contribution in [1.29, 1.82) is 0 Å². The molecule has 0 unspecified atom stereocenters. The Hall–Kier alpha value is -1.01. The van der Waals surface area contributed by atoms with Crippen molar-refractivity contribution in [1.82, 2.24) is 9.80 Å². The van der Waals surface area contributed by atoms with Crippen molar-refractivity contribution in [3.63, 3.8) is 0 Å². The number of hydrogen-bond donors (Lipinski definition) is 0. The lowest BCUT2D eigenvalue weighted by Gasteiger charge is -2.22. The maximum atomic E-state index is 11.5. The fraction of sp³-hybridized carbons (Fsp3) is 0.824. The summed E-state index contributed by atoms with van der Waals surface area (Å²) in [5, 5.41) is 0. The van der Waals surface area contributed by atoms with E-state index < -0.39 is 0 Å². The van der Waals surface area contributed by atoms with Gasteiger partial charge in [0.05, 0.1) is 13.1 Å². The summed E-state index contributed by atoms with van der Waals surface area (Å²) < 4.78 is 0. The first-order valence-corrected chi connectivity index (χ1v) is 8.27. The number of amides is 1. The topological polar surface area (TPSA) is 23.6 Å². The van der Waals surface area contributed by atoms with E-state index in [-0.39, 0.29) is 5.91 Å². The van der Waals surface area contributed by atoms with E-state index in [4.69, 9.17) is 0 Å². The molecule has 2 bridgehead atoms. The van der Waals surface area contributed by atoms with Gasteiger partial charge in [0.1, 0.15) is 0 Å². The van der Waals surface area contributed by atoms with E-state index in [0.29, 0.717) is 6.54 Å². The summed E-state index contributed by atoms with van der Waals surface area (Å²) in [7, 11) is 0. The zero-order valence-corrected chi connectivity index (χ0v) is 12.2. The van der Waals surface area contributed by atoms with Gasteiger partial charge in [0, 0.05) is 26.1 Å². The highest BCUT2D eigenvalue weighted by atomic mass is 16.2. The number of carbonyl (C=O) groups excluding carboxylic acids is 1. The molecule has 0 aromatic rings. The van der Waals surface area contributed by atoms with Crippen molar-refractivity contribution in [2.45, 2.75) is 32.1 Å². The summed E-state index contributed by atoms with van der Waals surface area (Å²) in [5.41, 5.74) is 0. The van der Waals surface area contributed by atoms with Gasteiger partial charge in [-0.3, -0.25) is 9.69 Å². The number of hydrogen-bond acceptors (Lipinski definition) is 2. The molecule has 4 rings (SSSR count). The summed E-state index contributed by atoms with van der Waals surface area (Å²) in [6, 6.07) is 0. The van der Waals surface area contributed by atoms with Gasteiger partial charge in [-0.05, 0) is 49.4 Å². The van der Waals surface area contributed by atoms with Crippen LogP contribution in [0.25, 0.3) is 0 Å². The summed E-state index contributed by atoms with van der Waals surface area (Å²) in [6.45, 7) is 5.02. The summed E-state index contributed by atoms with van der Waals surface area (Å²) in [6.07, 6.45) is 6.23. The fourth-order valence-electron chi connectivity index (χ4n) is 5.09. The Morgan fingerprint density at radius 2 is 1.75 bits per heavy atom. The van der Waals surface area contributed by atoms with Crippen LogP contribution in [0, 0.1) is 35.5 Å². The lowest BCUT2D eigenvalue weighted by atomic mass is 9.82. The second kappa shape index (κ2) is 5.07. The molecular weight excluding hydrogens is 248 g/mol. The molecule has 3 nitrogen and oxygen atoms in total. The third-order valence-corrected chi connectivity index (χ3v) is 6.08. The molecule has 0 aromatic carbocycles. The van der Waals surface area contributed by atoms with Gasteiger partial charge in [-0.1, -0.05) is 11.8 Å². The average molecular weight is 272 g/mol. The standard InChI is InChI=1S/C17H24N2O/c20-17-4-3-9-19(17)8-2-1-7-18-11-15-13-5-6-14(10-13)16(15)12-18/h13-16H,3-12H2/t13-,14+,15-,16+. The van der Waals surface area contributed by atoms with Gasteiger partial charge in [0.25, 0.3) is 0 Å². The van der Waals surface area contributed by atoms with Gasteiger partial charge in [-0.2, -0.15) is 0 Å². The maximum absolute atomic E-state index is 11.5. The van der Waals surface area contributed by atoms with Crippen LogP contribution >= 0.6 is 0 Å². The molecule has 2 saturated carbocycles. The third kappa shape index (κ3) is 2.15. The Bertz CT molecular complexity index is 445. The SMILES string of the molecule is O=C1CCCN1CC#CCN1C[C@@H]2[C@@H]3CC[C@@H](C3)[C@@H]2C1. The largest absolute Gasteiger partial charge is 0.332 e. The molecule has 4 atom stereocenters. The van der Waals surface area contributed by atoms with E-state index in [1.165, 1.54) is 32.4 Å². The van der Waals surface area contributed by atoms with E-state index in [9.17, 15) is 4.79 Å². The molecule has 3 heteroatoms.